The maximum atomic E-state index is 5.79. The normalized spacial score (nSPS) is 10.5. The first-order valence-electron chi connectivity index (χ1n) is 5.98. The molecule has 3 aromatic rings. The van der Waals surface area contributed by atoms with Crippen LogP contribution >= 0.6 is 0 Å². The van der Waals surface area contributed by atoms with Crippen LogP contribution in [0.15, 0.2) is 48.8 Å². The topological polar surface area (TPSA) is 76.7 Å². The summed E-state index contributed by atoms with van der Waals surface area (Å²) < 4.78 is 0. The molecule has 0 aliphatic rings. The third kappa shape index (κ3) is 2.44. The Morgan fingerprint density at radius 1 is 1.00 bits per heavy atom. The summed E-state index contributed by atoms with van der Waals surface area (Å²) in [5.74, 6) is 1.16. The number of nitrogens with two attached hydrogens (primary N) is 1. The van der Waals surface area contributed by atoms with Gasteiger partial charge in [0.15, 0.2) is 5.82 Å². The van der Waals surface area contributed by atoms with Crippen molar-refractivity contribution in [2.75, 3.05) is 11.1 Å². The second-order valence-corrected chi connectivity index (χ2v) is 4.16. The van der Waals surface area contributed by atoms with E-state index in [1.807, 2.05) is 30.3 Å². The Morgan fingerprint density at radius 3 is 2.68 bits per heavy atom. The summed E-state index contributed by atoms with van der Waals surface area (Å²) >= 11 is 0. The van der Waals surface area contributed by atoms with E-state index in [2.05, 4.69) is 32.4 Å². The van der Waals surface area contributed by atoms with Crippen LogP contribution in [0.5, 0.6) is 0 Å². The van der Waals surface area contributed by atoms with Crippen molar-refractivity contribution in [1.82, 2.24) is 15.0 Å². The predicted molar refractivity (Wildman–Crippen MR) is 75.5 cm³/mol. The van der Waals surface area contributed by atoms with Crippen LogP contribution in [0, 0.1) is 0 Å². The van der Waals surface area contributed by atoms with Crippen molar-refractivity contribution in [1.29, 1.82) is 0 Å². The maximum Gasteiger partial charge on any atom is 0.153 e. The second-order valence-electron chi connectivity index (χ2n) is 4.16. The van der Waals surface area contributed by atoms with E-state index in [-0.39, 0.29) is 0 Å². The summed E-state index contributed by atoms with van der Waals surface area (Å²) in [6, 6.07) is 13.9. The number of hydrogen-bond donors (Lipinski definition) is 2. The van der Waals surface area contributed by atoms with Crippen LogP contribution in [0.25, 0.3) is 11.0 Å². The number of fused-ring (bicyclic) bond motifs is 1. The van der Waals surface area contributed by atoms with E-state index >= 15 is 0 Å². The minimum atomic E-state index is 0.397. The average molecular weight is 251 g/mol. The molecule has 0 radical (unpaired) electrons. The molecule has 2 aromatic heterocycles. The largest absolute Gasteiger partial charge is 0.382 e. The summed E-state index contributed by atoms with van der Waals surface area (Å²) in [5, 5.41) is 3.26. The van der Waals surface area contributed by atoms with Crippen LogP contribution in [-0.4, -0.2) is 15.0 Å². The first-order valence-corrected chi connectivity index (χ1v) is 5.98. The summed E-state index contributed by atoms with van der Waals surface area (Å²) in [6.07, 6.45) is 1.44. The fourth-order valence-electron chi connectivity index (χ4n) is 1.85. The van der Waals surface area contributed by atoms with E-state index in [4.69, 9.17) is 5.73 Å². The van der Waals surface area contributed by atoms with Gasteiger partial charge in [0.2, 0.25) is 0 Å². The van der Waals surface area contributed by atoms with Crippen LogP contribution in [0.4, 0.5) is 11.6 Å². The van der Waals surface area contributed by atoms with Gasteiger partial charge in [-0.05, 0) is 17.7 Å². The molecule has 0 aliphatic carbocycles. The molecule has 3 N–H and O–H groups in total. The predicted octanol–water partition coefficient (Wildman–Crippen LogP) is 2.22. The van der Waals surface area contributed by atoms with Crippen molar-refractivity contribution in [3.63, 3.8) is 0 Å². The molecule has 0 amide bonds. The van der Waals surface area contributed by atoms with Gasteiger partial charge in [0.05, 0.1) is 5.52 Å². The molecule has 94 valence electrons. The van der Waals surface area contributed by atoms with Gasteiger partial charge in [0.1, 0.15) is 17.7 Å². The van der Waals surface area contributed by atoms with Crippen LogP contribution < -0.4 is 11.1 Å². The third-order valence-electron chi connectivity index (χ3n) is 2.83. The number of nitrogen functional groups attached to an aromatic ring is 1. The van der Waals surface area contributed by atoms with Crippen LogP contribution in [0.2, 0.25) is 0 Å². The van der Waals surface area contributed by atoms with Gasteiger partial charge in [-0.3, -0.25) is 0 Å². The molecule has 0 spiro atoms. The van der Waals surface area contributed by atoms with E-state index in [1.165, 1.54) is 11.9 Å². The monoisotopic (exact) mass is 251 g/mol. The van der Waals surface area contributed by atoms with Gasteiger partial charge in [0, 0.05) is 6.54 Å². The molecule has 0 fully saturated rings. The highest BCUT2D eigenvalue weighted by molar-refractivity contribution is 5.84. The molecule has 5 nitrogen and oxygen atoms in total. The van der Waals surface area contributed by atoms with Crippen LogP contribution in [-0.2, 0) is 6.54 Å². The lowest BCUT2D eigenvalue weighted by Gasteiger charge is -2.07. The van der Waals surface area contributed by atoms with Crippen LogP contribution in [0.3, 0.4) is 0 Å². The molecule has 2 heterocycles. The van der Waals surface area contributed by atoms with Gasteiger partial charge in [-0.2, -0.15) is 0 Å². The summed E-state index contributed by atoms with van der Waals surface area (Å²) in [4.78, 5) is 12.5. The molecule has 5 heteroatoms. The molecule has 3 rings (SSSR count). The first kappa shape index (κ1) is 11.4. The lowest BCUT2D eigenvalue weighted by Crippen LogP contribution is -2.02. The number of nitrogens with zero attached hydrogens (tertiary/aromatic N) is 3. The van der Waals surface area contributed by atoms with Crippen molar-refractivity contribution < 1.29 is 0 Å². The quantitative estimate of drug-likeness (QED) is 0.746. The average Bonchev–Trinajstić information content (AvgIpc) is 2.47. The molecule has 0 saturated carbocycles. The molecule has 0 unspecified atom stereocenters. The number of anilines is 2. The zero-order valence-corrected chi connectivity index (χ0v) is 10.2. The minimum absolute atomic E-state index is 0.397. The molecule has 19 heavy (non-hydrogen) atoms. The molecule has 0 aliphatic heterocycles. The van der Waals surface area contributed by atoms with Gasteiger partial charge in [-0.1, -0.05) is 30.3 Å². The summed E-state index contributed by atoms with van der Waals surface area (Å²) in [5.41, 5.74) is 8.36. The van der Waals surface area contributed by atoms with Gasteiger partial charge in [-0.15, -0.1) is 0 Å². The van der Waals surface area contributed by atoms with E-state index in [1.54, 1.807) is 0 Å². The van der Waals surface area contributed by atoms with Crippen molar-refractivity contribution in [3.05, 3.63) is 54.4 Å². The summed E-state index contributed by atoms with van der Waals surface area (Å²) in [7, 11) is 0. The smallest absolute Gasteiger partial charge is 0.153 e. The number of pyridine rings is 1. The standard InChI is InChI=1S/C14H13N5/c15-14-13-11(17-9-18-14)6-7-12(19-13)16-8-10-4-2-1-3-5-10/h1-7,9H,8H2,(H,16,19)(H2,15,17,18). The Labute approximate surface area is 110 Å². The minimum Gasteiger partial charge on any atom is -0.382 e. The number of hydrogen-bond acceptors (Lipinski definition) is 5. The Balaban J connectivity index is 1.84. The Hall–Kier alpha value is -2.69. The number of benzene rings is 1. The fraction of sp³-hybridized carbons (Fsp3) is 0.0714. The first-order chi connectivity index (χ1) is 9.33. The molecule has 1 aromatic carbocycles. The van der Waals surface area contributed by atoms with Gasteiger partial charge in [-0.25, -0.2) is 15.0 Å². The number of aromatic nitrogens is 3. The van der Waals surface area contributed by atoms with E-state index in [9.17, 15) is 0 Å². The third-order valence-corrected chi connectivity index (χ3v) is 2.83. The zero-order chi connectivity index (χ0) is 13.1. The highest BCUT2D eigenvalue weighted by atomic mass is 15.0. The molecular weight excluding hydrogens is 238 g/mol. The Morgan fingerprint density at radius 2 is 1.84 bits per heavy atom. The molecular formula is C14H13N5. The van der Waals surface area contributed by atoms with Gasteiger partial charge < -0.3 is 11.1 Å². The van der Waals surface area contributed by atoms with E-state index < -0.39 is 0 Å². The lowest BCUT2D eigenvalue weighted by atomic mass is 10.2. The Kier molecular flexibility index (Phi) is 2.94. The van der Waals surface area contributed by atoms with Crippen molar-refractivity contribution in [2.45, 2.75) is 6.54 Å². The molecule has 0 atom stereocenters. The van der Waals surface area contributed by atoms with Crippen molar-refractivity contribution in [2.24, 2.45) is 0 Å². The van der Waals surface area contributed by atoms with E-state index in [0.717, 1.165) is 11.3 Å². The lowest BCUT2D eigenvalue weighted by molar-refractivity contribution is 1.11. The van der Waals surface area contributed by atoms with Gasteiger partial charge >= 0.3 is 0 Å². The maximum absolute atomic E-state index is 5.79. The highest BCUT2D eigenvalue weighted by Crippen LogP contribution is 2.17. The van der Waals surface area contributed by atoms with Crippen molar-refractivity contribution >= 4 is 22.7 Å². The summed E-state index contributed by atoms with van der Waals surface area (Å²) in [6.45, 7) is 0.715. The Bertz CT molecular complexity index is 697. The van der Waals surface area contributed by atoms with Crippen molar-refractivity contribution in [3.8, 4) is 0 Å². The van der Waals surface area contributed by atoms with Gasteiger partial charge in [0.25, 0.3) is 0 Å². The fourth-order valence-corrected chi connectivity index (χ4v) is 1.85. The second kappa shape index (κ2) is 4.89. The molecule has 0 bridgehead atoms. The number of nitrogens with one attached hydrogen (secondary N) is 1. The SMILES string of the molecule is Nc1ncnc2ccc(NCc3ccccc3)nc12. The molecule has 0 saturated heterocycles. The highest BCUT2D eigenvalue weighted by Gasteiger charge is 2.03. The van der Waals surface area contributed by atoms with E-state index in [0.29, 0.717) is 17.9 Å². The zero-order valence-electron chi connectivity index (χ0n) is 10.2. The number of rotatable bonds is 3. The van der Waals surface area contributed by atoms with Crippen LogP contribution in [0.1, 0.15) is 5.56 Å².